The van der Waals surface area contributed by atoms with Crippen molar-refractivity contribution in [2.45, 2.75) is 38.3 Å². The first-order chi connectivity index (χ1) is 9.65. The number of fused-ring (bicyclic) bond motifs is 1. The Kier molecular flexibility index (Phi) is 3.49. The maximum Gasteiger partial charge on any atom is 0.0994 e. The van der Waals surface area contributed by atoms with Crippen molar-refractivity contribution in [2.24, 2.45) is 0 Å². The van der Waals surface area contributed by atoms with Gasteiger partial charge < -0.3 is 10.4 Å². The molecule has 1 aliphatic heterocycles. The molecule has 0 saturated carbocycles. The second-order valence-electron chi connectivity index (χ2n) is 5.88. The molecule has 1 aliphatic rings. The molecule has 2 heteroatoms. The van der Waals surface area contributed by atoms with E-state index in [9.17, 15) is 5.11 Å². The van der Waals surface area contributed by atoms with Gasteiger partial charge in [-0.05, 0) is 35.1 Å². The standard InChI is InChI=1S/C18H21NO/c1-12(2)13-7-9-14(10-8-13)18(20)17-11-15-5-3-4-6-16(15)19-17/h3-10,12,17-20H,11H2,1-2H3. The minimum atomic E-state index is -0.469. The molecule has 0 amide bonds. The average molecular weight is 267 g/mol. The third-order valence-electron chi connectivity index (χ3n) is 4.12. The summed E-state index contributed by atoms with van der Waals surface area (Å²) in [5, 5.41) is 14.0. The summed E-state index contributed by atoms with van der Waals surface area (Å²) in [4.78, 5) is 0. The largest absolute Gasteiger partial charge is 0.386 e. The van der Waals surface area contributed by atoms with Gasteiger partial charge in [-0.2, -0.15) is 0 Å². The van der Waals surface area contributed by atoms with E-state index in [0.29, 0.717) is 5.92 Å². The highest BCUT2D eigenvalue weighted by molar-refractivity contribution is 5.57. The van der Waals surface area contributed by atoms with Gasteiger partial charge in [-0.15, -0.1) is 0 Å². The number of aliphatic hydroxyl groups excluding tert-OH is 1. The fraction of sp³-hybridized carbons (Fsp3) is 0.333. The van der Waals surface area contributed by atoms with Crippen molar-refractivity contribution in [3.8, 4) is 0 Å². The van der Waals surface area contributed by atoms with Crippen LogP contribution in [0, 0.1) is 0 Å². The normalized spacial score (nSPS) is 18.7. The van der Waals surface area contributed by atoms with E-state index in [-0.39, 0.29) is 6.04 Å². The van der Waals surface area contributed by atoms with Crippen LogP contribution in [0.15, 0.2) is 48.5 Å². The molecule has 0 aliphatic carbocycles. The van der Waals surface area contributed by atoms with Crippen LogP contribution in [-0.2, 0) is 6.42 Å². The van der Waals surface area contributed by atoms with Crippen molar-refractivity contribution in [2.75, 3.05) is 5.32 Å². The molecule has 20 heavy (non-hydrogen) atoms. The van der Waals surface area contributed by atoms with Gasteiger partial charge in [-0.25, -0.2) is 0 Å². The fourth-order valence-electron chi connectivity index (χ4n) is 2.83. The third kappa shape index (κ3) is 2.44. The molecule has 0 spiro atoms. The van der Waals surface area contributed by atoms with Gasteiger partial charge in [0.15, 0.2) is 0 Å². The van der Waals surface area contributed by atoms with Crippen LogP contribution in [0.4, 0.5) is 5.69 Å². The number of hydrogen-bond donors (Lipinski definition) is 2. The van der Waals surface area contributed by atoms with Gasteiger partial charge in [-0.1, -0.05) is 56.3 Å². The summed E-state index contributed by atoms with van der Waals surface area (Å²) in [5.74, 6) is 0.523. The lowest BCUT2D eigenvalue weighted by atomic mass is 9.96. The van der Waals surface area contributed by atoms with Crippen LogP contribution in [0.25, 0.3) is 0 Å². The second-order valence-corrected chi connectivity index (χ2v) is 5.88. The Morgan fingerprint density at radius 1 is 1.00 bits per heavy atom. The molecule has 2 unspecified atom stereocenters. The highest BCUT2D eigenvalue weighted by Crippen LogP contribution is 2.32. The highest BCUT2D eigenvalue weighted by atomic mass is 16.3. The number of benzene rings is 2. The van der Waals surface area contributed by atoms with Crippen molar-refractivity contribution in [3.63, 3.8) is 0 Å². The molecule has 0 aromatic heterocycles. The van der Waals surface area contributed by atoms with E-state index in [4.69, 9.17) is 0 Å². The molecule has 2 nitrogen and oxygen atoms in total. The molecule has 104 valence electrons. The van der Waals surface area contributed by atoms with E-state index in [2.05, 4.69) is 43.4 Å². The van der Waals surface area contributed by atoms with Gasteiger partial charge in [0.05, 0.1) is 12.1 Å². The first-order valence-electron chi connectivity index (χ1n) is 7.27. The summed E-state index contributed by atoms with van der Waals surface area (Å²) in [7, 11) is 0. The predicted octanol–water partition coefficient (Wildman–Crippen LogP) is 3.88. The van der Waals surface area contributed by atoms with Crippen LogP contribution >= 0.6 is 0 Å². The SMILES string of the molecule is CC(C)c1ccc(C(O)C2Cc3ccccc3N2)cc1. The smallest absolute Gasteiger partial charge is 0.0994 e. The van der Waals surface area contributed by atoms with Crippen LogP contribution in [0.3, 0.4) is 0 Å². The first kappa shape index (κ1) is 13.2. The molecule has 0 saturated heterocycles. The second kappa shape index (κ2) is 5.29. The fourth-order valence-corrected chi connectivity index (χ4v) is 2.83. The van der Waals surface area contributed by atoms with Crippen molar-refractivity contribution in [1.29, 1.82) is 0 Å². The Hall–Kier alpha value is -1.80. The van der Waals surface area contributed by atoms with Crippen molar-refractivity contribution in [3.05, 3.63) is 65.2 Å². The van der Waals surface area contributed by atoms with Gasteiger partial charge in [0.25, 0.3) is 0 Å². The van der Waals surface area contributed by atoms with Crippen molar-refractivity contribution >= 4 is 5.69 Å². The minimum absolute atomic E-state index is 0.0669. The van der Waals surface area contributed by atoms with E-state index in [1.54, 1.807) is 0 Å². The van der Waals surface area contributed by atoms with Crippen LogP contribution < -0.4 is 5.32 Å². The zero-order valence-electron chi connectivity index (χ0n) is 12.0. The number of nitrogens with one attached hydrogen (secondary N) is 1. The highest BCUT2D eigenvalue weighted by Gasteiger charge is 2.27. The molecule has 2 aromatic rings. The van der Waals surface area contributed by atoms with Crippen LogP contribution in [0.1, 0.15) is 42.6 Å². The maximum absolute atomic E-state index is 10.6. The van der Waals surface area contributed by atoms with Crippen LogP contribution in [-0.4, -0.2) is 11.1 Å². The Morgan fingerprint density at radius 3 is 2.30 bits per heavy atom. The summed E-state index contributed by atoms with van der Waals surface area (Å²) in [6, 6.07) is 16.7. The topological polar surface area (TPSA) is 32.3 Å². The zero-order valence-corrected chi connectivity index (χ0v) is 12.0. The number of para-hydroxylation sites is 1. The monoisotopic (exact) mass is 267 g/mol. The zero-order chi connectivity index (χ0) is 14.1. The quantitative estimate of drug-likeness (QED) is 0.884. The summed E-state index contributed by atoms with van der Waals surface area (Å²) in [6.07, 6.45) is 0.409. The summed E-state index contributed by atoms with van der Waals surface area (Å²) >= 11 is 0. The van der Waals surface area contributed by atoms with Crippen molar-refractivity contribution in [1.82, 2.24) is 0 Å². The number of hydrogen-bond acceptors (Lipinski definition) is 2. The maximum atomic E-state index is 10.6. The Labute approximate surface area is 120 Å². The summed E-state index contributed by atoms with van der Waals surface area (Å²) < 4.78 is 0. The lowest BCUT2D eigenvalue weighted by molar-refractivity contribution is 0.156. The Bertz CT molecular complexity index is 564. The molecule has 2 N–H and O–H groups in total. The number of aliphatic hydroxyl groups is 1. The number of anilines is 1. The van der Waals surface area contributed by atoms with Crippen molar-refractivity contribution < 1.29 is 5.11 Å². The van der Waals surface area contributed by atoms with Crippen LogP contribution in [0.5, 0.6) is 0 Å². The van der Waals surface area contributed by atoms with E-state index >= 15 is 0 Å². The molecule has 2 aromatic carbocycles. The van der Waals surface area contributed by atoms with Gasteiger partial charge in [-0.3, -0.25) is 0 Å². The van der Waals surface area contributed by atoms with E-state index in [0.717, 1.165) is 17.7 Å². The van der Waals surface area contributed by atoms with E-state index < -0.39 is 6.10 Å². The van der Waals surface area contributed by atoms with Gasteiger partial charge >= 0.3 is 0 Å². The molecule has 3 rings (SSSR count). The molecule has 0 bridgehead atoms. The molecular formula is C18H21NO. The summed E-state index contributed by atoms with van der Waals surface area (Å²) in [5.41, 5.74) is 4.73. The van der Waals surface area contributed by atoms with Crippen LogP contribution in [0.2, 0.25) is 0 Å². The Balaban J connectivity index is 1.76. The third-order valence-corrected chi connectivity index (χ3v) is 4.12. The summed E-state index contributed by atoms with van der Waals surface area (Å²) in [6.45, 7) is 4.36. The Morgan fingerprint density at radius 2 is 1.65 bits per heavy atom. The van der Waals surface area contributed by atoms with E-state index in [1.165, 1.54) is 11.1 Å². The van der Waals surface area contributed by atoms with Gasteiger partial charge in [0, 0.05) is 5.69 Å². The van der Waals surface area contributed by atoms with Gasteiger partial charge in [0.1, 0.15) is 0 Å². The number of rotatable bonds is 3. The molecule has 0 fully saturated rings. The molecular weight excluding hydrogens is 246 g/mol. The lowest BCUT2D eigenvalue weighted by Crippen LogP contribution is -2.24. The van der Waals surface area contributed by atoms with Gasteiger partial charge in [0.2, 0.25) is 0 Å². The molecule has 1 heterocycles. The van der Waals surface area contributed by atoms with E-state index in [1.807, 2.05) is 24.3 Å². The average Bonchev–Trinajstić information content (AvgIpc) is 2.90. The molecule has 2 atom stereocenters. The lowest BCUT2D eigenvalue weighted by Gasteiger charge is -2.20. The predicted molar refractivity (Wildman–Crippen MR) is 83.0 cm³/mol. The molecule has 0 radical (unpaired) electrons. The minimum Gasteiger partial charge on any atom is -0.386 e. The first-order valence-corrected chi connectivity index (χ1v) is 7.27.